The van der Waals surface area contributed by atoms with Crippen molar-refractivity contribution in [3.05, 3.63) is 88.9 Å². The second kappa shape index (κ2) is 10.5. The highest BCUT2D eigenvalue weighted by Gasteiger charge is 2.47. The summed E-state index contributed by atoms with van der Waals surface area (Å²) in [5, 5.41) is 2.90. The Bertz CT molecular complexity index is 990. The molecule has 0 N–H and O–H groups in total. The number of halogens is 1. The first-order valence-corrected chi connectivity index (χ1v) is 13.9. The van der Waals surface area contributed by atoms with Gasteiger partial charge < -0.3 is 9.47 Å². The highest BCUT2D eigenvalue weighted by molar-refractivity contribution is 9.10. The van der Waals surface area contributed by atoms with Gasteiger partial charge in [0.25, 0.3) is 0 Å². The van der Waals surface area contributed by atoms with Gasteiger partial charge in [-0.05, 0) is 29.3 Å². The molecule has 0 spiro atoms. The second-order valence-corrected chi connectivity index (χ2v) is 14.9. The zero-order valence-electron chi connectivity index (χ0n) is 19.2. The molecule has 0 fully saturated rings. The van der Waals surface area contributed by atoms with E-state index in [9.17, 15) is 4.79 Å². The van der Waals surface area contributed by atoms with Gasteiger partial charge in [0.15, 0.2) is 0 Å². The Hall–Kier alpha value is -2.37. The number of hydrogen-bond donors (Lipinski definition) is 0. The van der Waals surface area contributed by atoms with Crippen LogP contribution in [-0.2, 0) is 16.0 Å². The van der Waals surface area contributed by atoms with Crippen LogP contribution in [0, 0.1) is 0 Å². The molecule has 3 aromatic rings. The molecule has 0 heterocycles. The van der Waals surface area contributed by atoms with Crippen LogP contribution in [0.1, 0.15) is 26.3 Å². The highest BCUT2D eigenvalue weighted by atomic mass is 79.9. The van der Waals surface area contributed by atoms with Crippen molar-refractivity contribution in [3.8, 4) is 5.75 Å². The van der Waals surface area contributed by atoms with E-state index in [2.05, 4.69) is 97.4 Å². The Kier molecular flexibility index (Phi) is 7.96. The third kappa shape index (κ3) is 5.33. The summed E-state index contributed by atoms with van der Waals surface area (Å²) < 4.78 is 12.1. The predicted octanol–water partition coefficient (Wildman–Crippen LogP) is 5.61. The topological polar surface area (TPSA) is 35.5 Å². The van der Waals surface area contributed by atoms with Crippen LogP contribution in [0.5, 0.6) is 5.75 Å². The van der Waals surface area contributed by atoms with Crippen molar-refractivity contribution in [2.45, 2.75) is 38.3 Å². The van der Waals surface area contributed by atoms with Crippen LogP contribution in [0.4, 0.5) is 0 Å². The van der Waals surface area contributed by atoms with Crippen LogP contribution >= 0.6 is 15.9 Å². The second-order valence-electron chi connectivity index (χ2n) is 8.99. The van der Waals surface area contributed by atoms with Crippen LogP contribution in [0.25, 0.3) is 0 Å². The molecule has 0 aliphatic rings. The Labute approximate surface area is 200 Å². The molecule has 0 saturated heterocycles. The quantitative estimate of drug-likeness (QED) is 0.292. The molecule has 0 unspecified atom stereocenters. The predicted molar refractivity (Wildman–Crippen MR) is 138 cm³/mol. The Morgan fingerprint density at radius 3 is 1.97 bits per heavy atom. The van der Waals surface area contributed by atoms with Gasteiger partial charge in [-0.2, -0.15) is 0 Å². The van der Waals surface area contributed by atoms with Gasteiger partial charge >= 0.3 is 5.97 Å². The average molecular weight is 512 g/mol. The van der Waals surface area contributed by atoms with Gasteiger partial charge in [0.2, 0.25) is 0 Å². The molecular weight excluding hydrogens is 480 g/mol. The summed E-state index contributed by atoms with van der Waals surface area (Å²) in [5.74, 6) is 0.455. The summed E-state index contributed by atoms with van der Waals surface area (Å²) in [6, 6.07) is 28.5. The third-order valence-corrected chi connectivity index (χ3v) is 12.8. The van der Waals surface area contributed by atoms with Gasteiger partial charge in [-0.3, -0.25) is 4.79 Å². The molecule has 0 bridgehead atoms. The zero-order chi connectivity index (χ0) is 23.2. The molecule has 5 heteroatoms. The molecule has 32 heavy (non-hydrogen) atoms. The molecule has 0 aliphatic carbocycles. The van der Waals surface area contributed by atoms with Crippen LogP contribution in [0.3, 0.4) is 0 Å². The lowest BCUT2D eigenvalue weighted by molar-refractivity contribution is -0.139. The third-order valence-electron chi connectivity index (χ3n) is 6.13. The summed E-state index contributed by atoms with van der Waals surface area (Å²) >= 11 is 3.49. The lowest BCUT2D eigenvalue weighted by atomic mass is 10.1. The summed E-state index contributed by atoms with van der Waals surface area (Å²) in [6.45, 7) is 7.62. The number of methoxy groups -OCH3 is 1. The maximum absolute atomic E-state index is 11.9. The number of rotatable bonds is 8. The Balaban J connectivity index is 1.95. The van der Waals surface area contributed by atoms with Gasteiger partial charge in [0.05, 0.1) is 20.1 Å². The fraction of sp³-hybridized carbons (Fsp3) is 0.296. The molecule has 0 aliphatic heterocycles. The molecule has 3 rings (SSSR count). The van der Waals surface area contributed by atoms with Crippen molar-refractivity contribution >= 4 is 40.3 Å². The first-order valence-electron chi connectivity index (χ1n) is 10.9. The van der Waals surface area contributed by atoms with E-state index < -0.39 is 8.07 Å². The molecule has 0 aromatic heterocycles. The number of hydrogen-bond acceptors (Lipinski definition) is 3. The van der Waals surface area contributed by atoms with Gasteiger partial charge in [0.1, 0.15) is 13.8 Å². The minimum Gasteiger partial charge on any atom is -0.494 e. The minimum absolute atomic E-state index is 0.0770. The van der Waals surface area contributed by atoms with Crippen LogP contribution < -0.4 is 15.1 Å². The van der Waals surface area contributed by atoms with E-state index in [0.29, 0.717) is 6.61 Å². The molecule has 3 nitrogen and oxygen atoms in total. The SMILES string of the molecule is COC(=O)Cc1cc(Br)ccc1OCC[Si](c1ccccc1)(c1ccccc1)C(C)(C)C. The molecule has 0 amide bonds. The van der Waals surface area contributed by atoms with Crippen molar-refractivity contribution in [1.82, 2.24) is 0 Å². The number of esters is 1. The summed E-state index contributed by atoms with van der Waals surface area (Å²) in [4.78, 5) is 11.9. The fourth-order valence-corrected chi connectivity index (χ4v) is 10.2. The summed E-state index contributed by atoms with van der Waals surface area (Å²) in [7, 11) is -0.790. The smallest absolute Gasteiger partial charge is 0.310 e. The van der Waals surface area contributed by atoms with Crippen molar-refractivity contribution in [1.29, 1.82) is 0 Å². The van der Waals surface area contributed by atoms with E-state index in [1.807, 2.05) is 18.2 Å². The summed E-state index contributed by atoms with van der Waals surface area (Å²) in [5.41, 5.74) is 0.827. The van der Waals surface area contributed by atoms with Gasteiger partial charge in [0, 0.05) is 10.0 Å². The van der Waals surface area contributed by atoms with E-state index in [4.69, 9.17) is 9.47 Å². The van der Waals surface area contributed by atoms with Crippen molar-refractivity contribution < 1.29 is 14.3 Å². The minimum atomic E-state index is -2.20. The highest BCUT2D eigenvalue weighted by Crippen LogP contribution is 2.38. The fourth-order valence-electron chi connectivity index (χ4n) is 4.51. The van der Waals surface area contributed by atoms with Gasteiger partial charge in [-0.25, -0.2) is 0 Å². The van der Waals surface area contributed by atoms with E-state index in [0.717, 1.165) is 21.8 Å². The normalized spacial score (nSPS) is 11.8. The van der Waals surface area contributed by atoms with E-state index in [-0.39, 0.29) is 17.4 Å². The lowest BCUT2D eigenvalue weighted by Crippen LogP contribution is -2.64. The molecule has 0 saturated carbocycles. The van der Waals surface area contributed by atoms with Crippen LogP contribution in [0.15, 0.2) is 83.3 Å². The van der Waals surface area contributed by atoms with Crippen LogP contribution in [0.2, 0.25) is 11.1 Å². The van der Waals surface area contributed by atoms with E-state index in [1.54, 1.807) is 0 Å². The first kappa shape index (κ1) is 24.3. The number of ether oxygens (including phenoxy) is 2. The van der Waals surface area contributed by atoms with Crippen molar-refractivity contribution in [2.24, 2.45) is 0 Å². The molecule has 0 radical (unpaired) electrons. The van der Waals surface area contributed by atoms with Gasteiger partial charge in [-0.1, -0.05) is 108 Å². The number of carbonyl (C=O) groups excluding carboxylic acids is 1. The Morgan fingerprint density at radius 1 is 0.906 bits per heavy atom. The monoisotopic (exact) mass is 510 g/mol. The number of benzene rings is 3. The standard InChI is InChI=1S/C27H31BrO3Si/c1-27(2,3)32(23-11-7-5-8-12-23,24-13-9-6-10-14-24)18-17-31-25-16-15-22(28)19-21(25)20-26(29)30-4/h5-16,19H,17-18,20H2,1-4H3. The molecule has 0 atom stereocenters. The lowest BCUT2D eigenvalue weighted by Gasteiger charge is -2.44. The Morgan fingerprint density at radius 2 is 1.47 bits per heavy atom. The summed E-state index contributed by atoms with van der Waals surface area (Å²) in [6.07, 6.45) is 0.185. The van der Waals surface area contributed by atoms with Crippen molar-refractivity contribution in [3.63, 3.8) is 0 Å². The largest absolute Gasteiger partial charge is 0.494 e. The molecule has 3 aromatic carbocycles. The number of carbonyl (C=O) groups is 1. The van der Waals surface area contributed by atoms with E-state index >= 15 is 0 Å². The van der Waals surface area contributed by atoms with Crippen LogP contribution in [-0.4, -0.2) is 27.8 Å². The zero-order valence-corrected chi connectivity index (χ0v) is 21.8. The van der Waals surface area contributed by atoms with Gasteiger partial charge in [-0.15, -0.1) is 0 Å². The van der Waals surface area contributed by atoms with E-state index in [1.165, 1.54) is 17.5 Å². The molecular formula is C27H31BrO3Si. The average Bonchev–Trinajstić information content (AvgIpc) is 2.78. The maximum Gasteiger partial charge on any atom is 0.310 e. The van der Waals surface area contributed by atoms with Crippen molar-refractivity contribution in [2.75, 3.05) is 13.7 Å². The maximum atomic E-state index is 11.9. The first-order chi connectivity index (χ1) is 15.3. The molecule has 168 valence electrons.